The summed E-state index contributed by atoms with van der Waals surface area (Å²) < 4.78 is 39.1. The molecule has 2 aromatic rings. The number of nitrogens with zero attached hydrogens (tertiary/aromatic N) is 3. The van der Waals surface area contributed by atoms with Crippen molar-refractivity contribution >= 4 is 23.5 Å². The summed E-state index contributed by atoms with van der Waals surface area (Å²) in [5, 5.41) is 2.85. The Morgan fingerprint density at radius 3 is 2.49 bits per heavy atom. The maximum absolute atomic E-state index is 13.4. The number of halogens is 3. The summed E-state index contributed by atoms with van der Waals surface area (Å²) in [6, 6.07) is 12.1. The van der Waals surface area contributed by atoms with Gasteiger partial charge in [0.2, 0.25) is 5.91 Å². The molecule has 2 aliphatic heterocycles. The number of imide groups is 1. The molecule has 1 aliphatic carbocycles. The van der Waals surface area contributed by atoms with Gasteiger partial charge in [0.1, 0.15) is 12.1 Å². The monoisotopic (exact) mass is 486 g/mol. The van der Waals surface area contributed by atoms with Gasteiger partial charge in [-0.2, -0.15) is 13.2 Å². The zero-order chi connectivity index (χ0) is 24.8. The Bertz CT molecular complexity index is 1180. The number of benzene rings is 2. The lowest BCUT2D eigenvalue weighted by atomic mass is 9.76. The summed E-state index contributed by atoms with van der Waals surface area (Å²) >= 11 is 0. The molecule has 2 aromatic carbocycles. The van der Waals surface area contributed by atoms with E-state index in [-0.39, 0.29) is 25.5 Å². The molecule has 2 saturated heterocycles. The number of carbonyl (C=O) groups excluding carboxylic acids is 3. The summed E-state index contributed by atoms with van der Waals surface area (Å²) in [6.07, 6.45) is -2.36. The van der Waals surface area contributed by atoms with Crippen LogP contribution in [-0.2, 0) is 27.7 Å². The van der Waals surface area contributed by atoms with Gasteiger partial charge in [-0.25, -0.2) is 4.79 Å². The molecular formula is C25H25F3N4O3. The summed E-state index contributed by atoms with van der Waals surface area (Å²) in [5.41, 5.74) is 0.402. The van der Waals surface area contributed by atoms with Gasteiger partial charge >= 0.3 is 12.2 Å². The second-order valence-corrected chi connectivity index (χ2v) is 9.15. The highest BCUT2D eigenvalue weighted by molar-refractivity contribution is 6.09. The van der Waals surface area contributed by atoms with Crippen LogP contribution < -0.4 is 10.2 Å². The van der Waals surface area contributed by atoms with E-state index in [1.807, 2.05) is 24.3 Å². The van der Waals surface area contributed by atoms with Crippen LogP contribution in [0.2, 0.25) is 0 Å². The molecule has 184 valence electrons. The van der Waals surface area contributed by atoms with E-state index >= 15 is 0 Å². The fourth-order valence-electron chi connectivity index (χ4n) is 5.28. The second kappa shape index (κ2) is 8.58. The summed E-state index contributed by atoms with van der Waals surface area (Å²) in [7, 11) is 0. The third-order valence-electron chi connectivity index (χ3n) is 7.12. The summed E-state index contributed by atoms with van der Waals surface area (Å²) in [4.78, 5) is 43.5. The van der Waals surface area contributed by atoms with Crippen LogP contribution in [0.15, 0.2) is 48.5 Å². The molecule has 2 fully saturated rings. The van der Waals surface area contributed by atoms with Crippen LogP contribution in [0.3, 0.4) is 0 Å². The lowest BCUT2D eigenvalue weighted by molar-refractivity contribution is -0.139. The van der Waals surface area contributed by atoms with Gasteiger partial charge in [-0.3, -0.25) is 14.5 Å². The van der Waals surface area contributed by atoms with E-state index < -0.39 is 29.2 Å². The van der Waals surface area contributed by atoms with E-state index in [1.165, 1.54) is 6.07 Å². The van der Waals surface area contributed by atoms with E-state index in [0.717, 1.165) is 41.0 Å². The Hall–Kier alpha value is -3.56. The van der Waals surface area contributed by atoms with Crippen molar-refractivity contribution in [1.29, 1.82) is 0 Å². The lowest BCUT2D eigenvalue weighted by Gasteiger charge is -2.37. The minimum atomic E-state index is -4.42. The molecule has 1 spiro atoms. The Kier molecular flexibility index (Phi) is 5.69. The van der Waals surface area contributed by atoms with Gasteiger partial charge < -0.3 is 15.1 Å². The largest absolute Gasteiger partial charge is 0.416 e. The van der Waals surface area contributed by atoms with E-state index in [2.05, 4.69) is 5.32 Å². The van der Waals surface area contributed by atoms with Gasteiger partial charge in [0.15, 0.2) is 0 Å². The zero-order valence-electron chi connectivity index (χ0n) is 19.0. The predicted octanol–water partition coefficient (Wildman–Crippen LogP) is 3.14. The Morgan fingerprint density at radius 1 is 1.00 bits per heavy atom. The van der Waals surface area contributed by atoms with Crippen LogP contribution in [0, 0.1) is 0 Å². The third kappa shape index (κ3) is 4.11. The van der Waals surface area contributed by atoms with Crippen LogP contribution in [0.5, 0.6) is 0 Å². The second-order valence-electron chi connectivity index (χ2n) is 9.15. The average Bonchev–Trinajstić information content (AvgIpc) is 3.08. The number of anilines is 1. The topological polar surface area (TPSA) is 73.0 Å². The van der Waals surface area contributed by atoms with Crippen LogP contribution in [0.4, 0.5) is 23.7 Å². The SMILES string of the molecule is O=C(CN1C(=O)N[C@]2(CCCc3ccccc32)C1=O)N1CCN(c2cccc(C(F)(F)F)c2)CC1. The lowest BCUT2D eigenvalue weighted by Crippen LogP contribution is -2.52. The number of alkyl halides is 3. The molecule has 1 atom stereocenters. The van der Waals surface area contributed by atoms with Gasteiger partial charge in [-0.05, 0) is 48.6 Å². The first kappa shape index (κ1) is 23.2. The molecule has 0 bridgehead atoms. The minimum absolute atomic E-state index is 0.284. The number of carbonyl (C=O) groups is 3. The fourth-order valence-corrected chi connectivity index (χ4v) is 5.28. The van der Waals surface area contributed by atoms with Gasteiger partial charge in [0.25, 0.3) is 5.91 Å². The summed E-state index contributed by atoms with van der Waals surface area (Å²) in [5.74, 6) is -0.774. The molecule has 7 nitrogen and oxygen atoms in total. The number of fused-ring (bicyclic) bond motifs is 2. The number of urea groups is 1. The standard InChI is InChI=1S/C25H25F3N4O3/c26-25(27,28)18-7-3-8-19(15-18)30-11-13-31(14-12-30)21(33)16-32-22(34)24(29-23(32)35)10-4-6-17-5-1-2-9-20(17)24/h1-3,5,7-9,15H,4,6,10-14,16H2,(H,29,35)/t24-/m0/s1. The Morgan fingerprint density at radius 2 is 1.74 bits per heavy atom. The zero-order valence-corrected chi connectivity index (χ0v) is 19.0. The molecule has 1 N–H and O–H groups in total. The van der Waals surface area contributed by atoms with Crippen molar-refractivity contribution in [3.05, 3.63) is 65.2 Å². The number of rotatable bonds is 3. The van der Waals surface area contributed by atoms with E-state index in [1.54, 1.807) is 15.9 Å². The normalized spacial score (nSPS) is 22.4. The van der Waals surface area contributed by atoms with E-state index in [9.17, 15) is 27.6 Å². The molecule has 5 rings (SSSR count). The molecule has 35 heavy (non-hydrogen) atoms. The molecule has 0 radical (unpaired) electrons. The number of nitrogens with one attached hydrogen (secondary N) is 1. The van der Waals surface area contributed by atoms with Gasteiger partial charge in [-0.15, -0.1) is 0 Å². The molecule has 3 aliphatic rings. The Labute approximate surface area is 200 Å². The number of piperazine rings is 1. The maximum Gasteiger partial charge on any atom is 0.416 e. The number of amides is 4. The van der Waals surface area contributed by atoms with Crippen LogP contribution >= 0.6 is 0 Å². The van der Waals surface area contributed by atoms with Crippen molar-refractivity contribution in [2.45, 2.75) is 31.0 Å². The first-order chi connectivity index (χ1) is 16.7. The first-order valence-corrected chi connectivity index (χ1v) is 11.6. The van der Waals surface area contributed by atoms with Crippen molar-refractivity contribution < 1.29 is 27.6 Å². The van der Waals surface area contributed by atoms with E-state index in [0.29, 0.717) is 25.2 Å². The number of hydrogen-bond acceptors (Lipinski definition) is 4. The van der Waals surface area contributed by atoms with Crippen molar-refractivity contribution in [1.82, 2.24) is 15.1 Å². The molecule has 0 unspecified atom stereocenters. The smallest absolute Gasteiger partial charge is 0.368 e. The van der Waals surface area contributed by atoms with Gasteiger partial charge in [-0.1, -0.05) is 30.3 Å². The van der Waals surface area contributed by atoms with Crippen molar-refractivity contribution in [3.8, 4) is 0 Å². The molecular weight excluding hydrogens is 461 g/mol. The predicted molar refractivity (Wildman–Crippen MR) is 122 cm³/mol. The average molecular weight is 486 g/mol. The van der Waals surface area contributed by atoms with Crippen molar-refractivity contribution in [3.63, 3.8) is 0 Å². The molecule has 2 heterocycles. The molecule has 4 amide bonds. The fraction of sp³-hybridized carbons (Fsp3) is 0.400. The molecule has 10 heteroatoms. The Balaban J connectivity index is 1.24. The summed E-state index contributed by atoms with van der Waals surface area (Å²) in [6.45, 7) is 0.909. The highest BCUT2D eigenvalue weighted by Gasteiger charge is 2.54. The minimum Gasteiger partial charge on any atom is -0.368 e. The van der Waals surface area contributed by atoms with Gasteiger partial charge in [0.05, 0.1) is 5.56 Å². The highest BCUT2D eigenvalue weighted by atomic mass is 19.4. The first-order valence-electron chi connectivity index (χ1n) is 11.6. The van der Waals surface area contributed by atoms with Crippen LogP contribution in [-0.4, -0.2) is 60.4 Å². The van der Waals surface area contributed by atoms with Crippen LogP contribution in [0.25, 0.3) is 0 Å². The number of hydrogen-bond donors (Lipinski definition) is 1. The van der Waals surface area contributed by atoms with Crippen LogP contribution in [0.1, 0.15) is 29.5 Å². The quantitative estimate of drug-likeness (QED) is 0.677. The van der Waals surface area contributed by atoms with Crippen molar-refractivity contribution in [2.24, 2.45) is 0 Å². The van der Waals surface area contributed by atoms with E-state index in [4.69, 9.17) is 0 Å². The van der Waals surface area contributed by atoms with Gasteiger partial charge in [0, 0.05) is 31.9 Å². The maximum atomic E-state index is 13.4. The molecule has 0 saturated carbocycles. The third-order valence-corrected chi connectivity index (χ3v) is 7.12. The highest BCUT2D eigenvalue weighted by Crippen LogP contribution is 2.40. The molecule has 0 aromatic heterocycles. The van der Waals surface area contributed by atoms with Crippen molar-refractivity contribution in [2.75, 3.05) is 37.6 Å². The number of aryl methyl sites for hydroxylation is 1.